The fourth-order valence-electron chi connectivity index (χ4n) is 1.85. The predicted molar refractivity (Wildman–Crippen MR) is 75.1 cm³/mol. The van der Waals surface area contributed by atoms with Gasteiger partial charge in [-0.15, -0.1) is 0 Å². The number of methoxy groups -OCH3 is 1. The Morgan fingerprint density at radius 2 is 1.89 bits per heavy atom. The van der Waals surface area contributed by atoms with E-state index in [1.165, 1.54) is 7.11 Å². The van der Waals surface area contributed by atoms with Crippen LogP contribution in [0, 0.1) is 0 Å². The molecule has 0 spiro atoms. The molecule has 108 valence electrons. The molecule has 1 rings (SSSR count). The minimum absolute atomic E-state index is 0.261. The molecular weight excluding hydrogens is 266 g/mol. The first kappa shape index (κ1) is 16.0. The van der Waals surface area contributed by atoms with Crippen LogP contribution in [0.4, 0.5) is 0 Å². The Balaban J connectivity index is 2.33. The molecule has 0 aromatic heterocycles. The largest absolute Gasteiger partial charge is 0.466 e. The SMILES string of the molecule is CCC(COC(=O)/C=C/C(=O)OC)N1CCSCC1. The van der Waals surface area contributed by atoms with E-state index >= 15 is 0 Å². The van der Waals surface area contributed by atoms with E-state index in [0.29, 0.717) is 6.61 Å². The second-order valence-corrected chi connectivity index (χ2v) is 5.42. The molecule has 6 heteroatoms. The summed E-state index contributed by atoms with van der Waals surface area (Å²) < 4.78 is 9.56. The maximum Gasteiger partial charge on any atom is 0.331 e. The second kappa shape index (κ2) is 8.98. The Morgan fingerprint density at radius 1 is 1.26 bits per heavy atom. The number of rotatable bonds is 6. The van der Waals surface area contributed by atoms with Crippen molar-refractivity contribution in [1.82, 2.24) is 4.90 Å². The van der Waals surface area contributed by atoms with Crippen molar-refractivity contribution in [3.63, 3.8) is 0 Å². The molecule has 0 radical (unpaired) electrons. The summed E-state index contributed by atoms with van der Waals surface area (Å²) in [4.78, 5) is 24.6. The molecule has 0 saturated carbocycles. The van der Waals surface area contributed by atoms with Crippen LogP contribution in [0.3, 0.4) is 0 Å². The molecule has 1 unspecified atom stereocenters. The molecule has 5 nitrogen and oxygen atoms in total. The van der Waals surface area contributed by atoms with Crippen molar-refractivity contribution in [2.45, 2.75) is 19.4 Å². The average Bonchev–Trinajstić information content (AvgIpc) is 2.46. The van der Waals surface area contributed by atoms with Gasteiger partial charge >= 0.3 is 11.9 Å². The maximum atomic E-state index is 11.4. The Bertz CT molecular complexity index is 327. The van der Waals surface area contributed by atoms with Gasteiger partial charge < -0.3 is 9.47 Å². The molecule has 0 aliphatic carbocycles. The van der Waals surface area contributed by atoms with Gasteiger partial charge in [0.15, 0.2) is 0 Å². The van der Waals surface area contributed by atoms with E-state index in [1.54, 1.807) is 0 Å². The van der Waals surface area contributed by atoms with Crippen molar-refractivity contribution in [3.8, 4) is 0 Å². The van der Waals surface area contributed by atoms with Gasteiger partial charge in [0.2, 0.25) is 0 Å². The van der Waals surface area contributed by atoms with Crippen LogP contribution in [0.2, 0.25) is 0 Å². The standard InChI is InChI=1S/C13H21NO4S/c1-3-11(14-6-8-19-9-7-14)10-18-13(16)5-4-12(15)17-2/h4-5,11H,3,6-10H2,1-2H3/b5-4+. The first-order chi connectivity index (χ1) is 9.17. The summed E-state index contributed by atoms with van der Waals surface area (Å²) in [7, 11) is 1.26. The highest BCUT2D eigenvalue weighted by Gasteiger charge is 2.20. The Labute approximate surface area is 118 Å². The van der Waals surface area contributed by atoms with Gasteiger partial charge in [0.25, 0.3) is 0 Å². The smallest absolute Gasteiger partial charge is 0.331 e. The molecule has 0 N–H and O–H groups in total. The van der Waals surface area contributed by atoms with Crippen molar-refractivity contribution in [1.29, 1.82) is 0 Å². The molecule has 1 aliphatic rings. The van der Waals surface area contributed by atoms with Crippen molar-refractivity contribution in [2.75, 3.05) is 38.3 Å². The highest BCUT2D eigenvalue weighted by Crippen LogP contribution is 2.14. The van der Waals surface area contributed by atoms with E-state index in [9.17, 15) is 9.59 Å². The summed E-state index contributed by atoms with van der Waals surface area (Å²) in [5.74, 6) is 1.20. The van der Waals surface area contributed by atoms with E-state index < -0.39 is 11.9 Å². The average molecular weight is 287 g/mol. The molecule has 1 heterocycles. The van der Waals surface area contributed by atoms with Gasteiger partial charge in [-0.2, -0.15) is 11.8 Å². The number of hydrogen-bond acceptors (Lipinski definition) is 6. The van der Waals surface area contributed by atoms with Crippen LogP contribution in [-0.2, 0) is 19.1 Å². The fraction of sp³-hybridized carbons (Fsp3) is 0.692. The Kier molecular flexibility index (Phi) is 7.59. The minimum Gasteiger partial charge on any atom is -0.466 e. The maximum absolute atomic E-state index is 11.4. The van der Waals surface area contributed by atoms with E-state index in [1.807, 2.05) is 11.8 Å². The molecule has 0 amide bonds. The van der Waals surface area contributed by atoms with Crippen molar-refractivity contribution in [3.05, 3.63) is 12.2 Å². The highest BCUT2D eigenvalue weighted by molar-refractivity contribution is 7.99. The third-order valence-electron chi connectivity index (χ3n) is 3.01. The molecule has 1 fully saturated rings. The number of thioether (sulfide) groups is 1. The summed E-state index contributed by atoms with van der Waals surface area (Å²) in [6.07, 6.45) is 3.12. The molecule has 1 aliphatic heterocycles. The first-order valence-corrected chi connectivity index (χ1v) is 7.57. The monoisotopic (exact) mass is 287 g/mol. The Morgan fingerprint density at radius 3 is 2.47 bits per heavy atom. The van der Waals surface area contributed by atoms with Gasteiger partial charge in [0.05, 0.1) is 7.11 Å². The molecule has 0 bridgehead atoms. The zero-order valence-electron chi connectivity index (χ0n) is 11.5. The molecule has 0 aromatic carbocycles. The normalized spacial score (nSPS) is 18.2. The fourth-order valence-corrected chi connectivity index (χ4v) is 2.79. The first-order valence-electron chi connectivity index (χ1n) is 6.42. The summed E-state index contributed by atoms with van der Waals surface area (Å²) in [5.41, 5.74) is 0. The van der Waals surface area contributed by atoms with Crippen LogP contribution in [0.15, 0.2) is 12.2 Å². The number of carbonyl (C=O) groups is 2. The lowest BCUT2D eigenvalue weighted by Gasteiger charge is -2.33. The van der Waals surface area contributed by atoms with Crippen LogP contribution >= 0.6 is 11.8 Å². The van der Waals surface area contributed by atoms with Gasteiger partial charge in [-0.25, -0.2) is 9.59 Å². The van der Waals surface area contributed by atoms with Crippen molar-refractivity contribution >= 4 is 23.7 Å². The predicted octanol–water partition coefficient (Wildman–Crippen LogP) is 1.09. The van der Waals surface area contributed by atoms with Crippen molar-refractivity contribution in [2.24, 2.45) is 0 Å². The lowest BCUT2D eigenvalue weighted by Crippen LogP contribution is -2.43. The van der Waals surface area contributed by atoms with Gasteiger partial charge in [-0.1, -0.05) is 6.92 Å². The van der Waals surface area contributed by atoms with Crippen molar-refractivity contribution < 1.29 is 19.1 Å². The lowest BCUT2D eigenvalue weighted by molar-refractivity contribution is -0.140. The van der Waals surface area contributed by atoms with Gasteiger partial charge in [0.1, 0.15) is 6.61 Å². The Hall–Kier alpha value is -1.01. The topological polar surface area (TPSA) is 55.8 Å². The molecule has 1 saturated heterocycles. The van der Waals surface area contributed by atoms with Crippen LogP contribution in [0.1, 0.15) is 13.3 Å². The third kappa shape index (κ3) is 6.11. The van der Waals surface area contributed by atoms with E-state index in [0.717, 1.165) is 43.2 Å². The number of hydrogen-bond donors (Lipinski definition) is 0. The third-order valence-corrected chi connectivity index (χ3v) is 3.95. The molecule has 19 heavy (non-hydrogen) atoms. The van der Waals surface area contributed by atoms with Crippen LogP contribution in [0.5, 0.6) is 0 Å². The van der Waals surface area contributed by atoms with Gasteiger partial charge in [-0.3, -0.25) is 4.90 Å². The van der Waals surface area contributed by atoms with Gasteiger partial charge in [0, 0.05) is 42.8 Å². The van der Waals surface area contributed by atoms with Crippen LogP contribution < -0.4 is 0 Å². The molecule has 1 atom stereocenters. The van der Waals surface area contributed by atoms with E-state index in [2.05, 4.69) is 16.6 Å². The summed E-state index contributed by atoms with van der Waals surface area (Å²) >= 11 is 1.95. The number of ether oxygens (including phenoxy) is 2. The summed E-state index contributed by atoms with van der Waals surface area (Å²) in [5, 5.41) is 0. The molecular formula is C13H21NO4S. The number of esters is 2. The van der Waals surface area contributed by atoms with Gasteiger partial charge in [-0.05, 0) is 6.42 Å². The highest BCUT2D eigenvalue weighted by atomic mass is 32.2. The minimum atomic E-state index is -0.558. The second-order valence-electron chi connectivity index (χ2n) is 4.20. The summed E-state index contributed by atoms with van der Waals surface area (Å²) in [6, 6.07) is 0.261. The van der Waals surface area contributed by atoms with E-state index in [-0.39, 0.29) is 6.04 Å². The van der Waals surface area contributed by atoms with E-state index in [4.69, 9.17) is 4.74 Å². The molecule has 0 aromatic rings. The number of nitrogens with zero attached hydrogens (tertiary/aromatic N) is 1. The zero-order chi connectivity index (χ0) is 14.1. The lowest BCUT2D eigenvalue weighted by atomic mass is 10.2. The van der Waals surface area contributed by atoms with Crippen LogP contribution in [-0.4, -0.2) is 61.2 Å². The zero-order valence-corrected chi connectivity index (χ0v) is 12.3. The van der Waals surface area contributed by atoms with Crippen LogP contribution in [0.25, 0.3) is 0 Å². The summed E-state index contributed by atoms with van der Waals surface area (Å²) in [6.45, 7) is 4.54. The quantitative estimate of drug-likeness (QED) is 0.538. The number of carbonyl (C=O) groups excluding carboxylic acids is 2.